The molecule has 0 N–H and O–H groups in total. The predicted molar refractivity (Wildman–Crippen MR) is 65.9 cm³/mol. The number of ketones is 1. The molecule has 0 fully saturated rings. The summed E-state index contributed by atoms with van der Waals surface area (Å²) in [4.78, 5) is 11.2. The average Bonchev–Trinajstić information content (AvgIpc) is 2.23. The van der Waals surface area contributed by atoms with Crippen molar-refractivity contribution in [1.82, 2.24) is 0 Å². The van der Waals surface area contributed by atoms with Crippen LogP contribution in [-0.4, -0.2) is 37.6 Å². The number of carbonyl (C=O) groups excluding carboxylic acids is 1. The second-order valence-electron chi connectivity index (χ2n) is 4.95. The molecule has 0 amide bonds. The summed E-state index contributed by atoms with van der Waals surface area (Å²) in [6.07, 6.45) is -0.729. The van der Waals surface area contributed by atoms with Crippen molar-refractivity contribution in [3.8, 4) is 0 Å². The molecule has 0 atom stereocenters. The van der Waals surface area contributed by atoms with Gasteiger partial charge in [0.25, 0.3) is 5.92 Å². The van der Waals surface area contributed by atoms with E-state index in [0.717, 1.165) is 0 Å². The van der Waals surface area contributed by atoms with Crippen molar-refractivity contribution in [2.24, 2.45) is 5.92 Å². The lowest BCUT2D eigenvalue weighted by Gasteiger charge is -2.17. The van der Waals surface area contributed by atoms with Crippen LogP contribution in [0.5, 0.6) is 0 Å². The molecule has 0 aliphatic heterocycles. The Kier molecular flexibility index (Phi) is 8.27. The zero-order chi connectivity index (χ0) is 14.2. The van der Waals surface area contributed by atoms with E-state index in [0.29, 0.717) is 0 Å². The minimum absolute atomic E-state index is 0.0373. The molecule has 0 spiro atoms. The lowest BCUT2D eigenvalue weighted by atomic mass is 10.1. The first-order chi connectivity index (χ1) is 8.24. The zero-order valence-electron chi connectivity index (χ0n) is 11.7. The number of alkyl halides is 2. The standard InChI is InChI=1S/C13H24F2O3/c1-10(2)12(16)9-17-7-5-13(14,15)6-8-18-11(3)4/h10-11H,5-9H2,1-4H3. The minimum Gasteiger partial charge on any atom is -0.379 e. The molecule has 0 heterocycles. The first-order valence-corrected chi connectivity index (χ1v) is 6.34. The Bertz CT molecular complexity index is 240. The molecule has 18 heavy (non-hydrogen) atoms. The van der Waals surface area contributed by atoms with Crippen LogP contribution in [0.4, 0.5) is 8.78 Å². The van der Waals surface area contributed by atoms with Crippen LogP contribution < -0.4 is 0 Å². The van der Waals surface area contributed by atoms with Gasteiger partial charge in [-0.25, -0.2) is 8.78 Å². The molecule has 5 heteroatoms. The number of halogens is 2. The van der Waals surface area contributed by atoms with Crippen LogP contribution in [0, 0.1) is 5.92 Å². The van der Waals surface area contributed by atoms with Gasteiger partial charge in [0.15, 0.2) is 5.78 Å². The van der Waals surface area contributed by atoms with E-state index in [1.54, 1.807) is 27.7 Å². The van der Waals surface area contributed by atoms with Crippen molar-refractivity contribution in [1.29, 1.82) is 0 Å². The van der Waals surface area contributed by atoms with E-state index in [2.05, 4.69) is 0 Å². The second-order valence-corrected chi connectivity index (χ2v) is 4.95. The molecule has 0 unspecified atom stereocenters. The Labute approximate surface area is 108 Å². The quantitative estimate of drug-likeness (QED) is 0.570. The number of hydrogen-bond donors (Lipinski definition) is 0. The fourth-order valence-corrected chi connectivity index (χ4v) is 1.13. The van der Waals surface area contributed by atoms with Crippen molar-refractivity contribution >= 4 is 5.78 Å². The van der Waals surface area contributed by atoms with Gasteiger partial charge in [-0.3, -0.25) is 4.79 Å². The van der Waals surface area contributed by atoms with E-state index in [1.165, 1.54) is 0 Å². The summed E-state index contributed by atoms with van der Waals surface area (Å²) >= 11 is 0. The highest BCUT2D eigenvalue weighted by Crippen LogP contribution is 2.23. The lowest BCUT2D eigenvalue weighted by molar-refractivity contribution is -0.128. The first-order valence-electron chi connectivity index (χ1n) is 6.34. The van der Waals surface area contributed by atoms with Crippen molar-refractivity contribution < 1.29 is 23.0 Å². The predicted octanol–water partition coefficient (Wildman–Crippen LogP) is 3.07. The summed E-state index contributed by atoms with van der Waals surface area (Å²) in [5, 5.41) is 0. The number of carbonyl (C=O) groups is 1. The minimum atomic E-state index is -2.80. The average molecular weight is 266 g/mol. The molecule has 0 aliphatic carbocycles. The van der Waals surface area contributed by atoms with Gasteiger partial charge < -0.3 is 9.47 Å². The molecule has 0 rings (SSSR count). The largest absolute Gasteiger partial charge is 0.379 e. The van der Waals surface area contributed by atoms with Crippen LogP contribution in [0.1, 0.15) is 40.5 Å². The third kappa shape index (κ3) is 9.48. The van der Waals surface area contributed by atoms with Crippen LogP contribution in [0.25, 0.3) is 0 Å². The SMILES string of the molecule is CC(C)OCCC(F)(F)CCOCC(=O)C(C)C. The van der Waals surface area contributed by atoms with Gasteiger partial charge in [0.05, 0.1) is 19.3 Å². The zero-order valence-corrected chi connectivity index (χ0v) is 11.7. The van der Waals surface area contributed by atoms with Gasteiger partial charge in [-0.15, -0.1) is 0 Å². The van der Waals surface area contributed by atoms with Crippen LogP contribution in [0.3, 0.4) is 0 Å². The summed E-state index contributed by atoms with van der Waals surface area (Å²) in [5.41, 5.74) is 0. The summed E-state index contributed by atoms with van der Waals surface area (Å²) in [7, 11) is 0. The van der Waals surface area contributed by atoms with Crippen LogP contribution in [-0.2, 0) is 14.3 Å². The van der Waals surface area contributed by atoms with E-state index < -0.39 is 5.92 Å². The maximum atomic E-state index is 13.3. The van der Waals surface area contributed by atoms with Crippen molar-refractivity contribution in [3.63, 3.8) is 0 Å². The van der Waals surface area contributed by atoms with Crippen LogP contribution in [0.15, 0.2) is 0 Å². The van der Waals surface area contributed by atoms with Gasteiger partial charge in [-0.1, -0.05) is 13.8 Å². The highest BCUT2D eigenvalue weighted by molar-refractivity contribution is 5.81. The highest BCUT2D eigenvalue weighted by Gasteiger charge is 2.28. The summed E-state index contributed by atoms with van der Waals surface area (Å²) in [5.74, 6) is -2.98. The number of rotatable bonds is 10. The number of ether oxygens (including phenoxy) is 2. The van der Waals surface area contributed by atoms with Gasteiger partial charge in [-0.2, -0.15) is 0 Å². The lowest BCUT2D eigenvalue weighted by Crippen LogP contribution is -2.23. The van der Waals surface area contributed by atoms with E-state index in [4.69, 9.17) is 9.47 Å². The Balaban J connectivity index is 3.67. The van der Waals surface area contributed by atoms with Crippen molar-refractivity contribution in [2.75, 3.05) is 19.8 Å². The molecule has 0 aromatic heterocycles. The molecule has 0 bridgehead atoms. The van der Waals surface area contributed by atoms with E-state index >= 15 is 0 Å². The van der Waals surface area contributed by atoms with Crippen LogP contribution in [0.2, 0.25) is 0 Å². The van der Waals surface area contributed by atoms with Gasteiger partial charge >= 0.3 is 0 Å². The third-order valence-electron chi connectivity index (χ3n) is 2.42. The summed E-state index contributed by atoms with van der Waals surface area (Å²) in [6.45, 7) is 6.96. The van der Waals surface area contributed by atoms with Gasteiger partial charge in [0, 0.05) is 18.8 Å². The number of hydrogen-bond acceptors (Lipinski definition) is 3. The number of Topliss-reactive ketones (excluding diaryl/α,β-unsaturated/α-hetero) is 1. The molecule has 0 aromatic carbocycles. The molecule has 3 nitrogen and oxygen atoms in total. The molecule has 0 aliphatic rings. The molecule has 0 saturated carbocycles. The summed E-state index contributed by atoms with van der Waals surface area (Å²) < 4.78 is 36.7. The van der Waals surface area contributed by atoms with E-state index in [9.17, 15) is 13.6 Å². The van der Waals surface area contributed by atoms with Gasteiger partial charge in [-0.05, 0) is 13.8 Å². The Hall–Kier alpha value is -0.550. The molecule has 0 saturated heterocycles. The van der Waals surface area contributed by atoms with Crippen molar-refractivity contribution in [3.05, 3.63) is 0 Å². The molecular weight excluding hydrogens is 242 g/mol. The maximum Gasteiger partial charge on any atom is 0.252 e. The normalized spacial score (nSPS) is 12.4. The smallest absolute Gasteiger partial charge is 0.252 e. The molecule has 108 valence electrons. The van der Waals surface area contributed by atoms with Gasteiger partial charge in [0.1, 0.15) is 6.61 Å². The van der Waals surface area contributed by atoms with Crippen LogP contribution >= 0.6 is 0 Å². The monoisotopic (exact) mass is 266 g/mol. The second kappa shape index (κ2) is 8.53. The van der Waals surface area contributed by atoms with E-state index in [-0.39, 0.29) is 50.5 Å². The highest BCUT2D eigenvalue weighted by atomic mass is 19.3. The maximum absolute atomic E-state index is 13.3. The first kappa shape index (κ1) is 17.4. The fraction of sp³-hybridized carbons (Fsp3) is 0.923. The Morgan fingerprint density at radius 2 is 1.67 bits per heavy atom. The third-order valence-corrected chi connectivity index (χ3v) is 2.42. The molecule has 0 aromatic rings. The molecular formula is C13H24F2O3. The Morgan fingerprint density at radius 1 is 1.11 bits per heavy atom. The van der Waals surface area contributed by atoms with E-state index in [1.807, 2.05) is 0 Å². The fourth-order valence-electron chi connectivity index (χ4n) is 1.13. The summed E-state index contributed by atoms with van der Waals surface area (Å²) in [6, 6.07) is 0. The topological polar surface area (TPSA) is 35.5 Å². The Morgan fingerprint density at radius 3 is 2.17 bits per heavy atom. The van der Waals surface area contributed by atoms with Gasteiger partial charge in [0.2, 0.25) is 0 Å². The van der Waals surface area contributed by atoms with Crippen molar-refractivity contribution in [2.45, 2.75) is 52.6 Å². The molecule has 0 radical (unpaired) electrons.